The van der Waals surface area contributed by atoms with E-state index >= 15 is 0 Å². The number of nitrogen functional groups attached to an aromatic ring is 1. The van der Waals surface area contributed by atoms with Crippen molar-refractivity contribution < 1.29 is 0 Å². The molecule has 0 radical (unpaired) electrons. The zero-order valence-electron chi connectivity index (χ0n) is 7.96. The highest BCUT2D eigenvalue weighted by atomic mass is 14.8. The van der Waals surface area contributed by atoms with Gasteiger partial charge in [-0.3, -0.25) is 0 Å². The van der Waals surface area contributed by atoms with E-state index in [9.17, 15) is 0 Å². The van der Waals surface area contributed by atoms with Crippen LogP contribution >= 0.6 is 0 Å². The van der Waals surface area contributed by atoms with E-state index in [1.54, 1.807) is 6.20 Å². The molecule has 0 aliphatic carbocycles. The summed E-state index contributed by atoms with van der Waals surface area (Å²) in [4.78, 5) is 3.97. The quantitative estimate of drug-likeness (QED) is 0.728. The number of pyridine rings is 1. The lowest BCUT2D eigenvalue weighted by Gasteiger charge is -2.23. The molecule has 2 heteroatoms. The fourth-order valence-electron chi connectivity index (χ4n) is 1.07. The third-order valence-electron chi connectivity index (χ3n) is 2.45. The maximum absolute atomic E-state index is 5.60. The monoisotopic (exact) mass is 164 g/mol. The molecule has 12 heavy (non-hydrogen) atoms. The summed E-state index contributed by atoms with van der Waals surface area (Å²) in [5.41, 5.74) is 7.07. The summed E-state index contributed by atoms with van der Waals surface area (Å²) in [7, 11) is 0. The molecular weight excluding hydrogens is 148 g/mol. The maximum Gasteiger partial charge on any atom is 0.123 e. The molecule has 0 saturated carbocycles. The van der Waals surface area contributed by atoms with Crippen LogP contribution < -0.4 is 5.73 Å². The Bertz CT molecular complexity index is 266. The van der Waals surface area contributed by atoms with Crippen molar-refractivity contribution in [3.05, 3.63) is 23.9 Å². The highest BCUT2D eigenvalue weighted by Gasteiger charge is 2.17. The van der Waals surface area contributed by atoms with Gasteiger partial charge in [-0.25, -0.2) is 4.98 Å². The molecule has 0 atom stereocenters. The number of anilines is 1. The predicted molar refractivity (Wildman–Crippen MR) is 52.0 cm³/mol. The molecular formula is C10H16N2. The SMILES string of the molecule is CCC(C)(C)c1ccnc(N)c1. The van der Waals surface area contributed by atoms with Crippen molar-refractivity contribution in [3.63, 3.8) is 0 Å². The molecule has 0 unspecified atom stereocenters. The number of aromatic nitrogens is 1. The van der Waals surface area contributed by atoms with E-state index in [1.807, 2.05) is 12.1 Å². The van der Waals surface area contributed by atoms with Gasteiger partial charge in [-0.15, -0.1) is 0 Å². The van der Waals surface area contributed by atoms with Crippen LogP contribution in [0.25, 0.3) is 0 Å². The van der Waals surface area contributed by atoms with Crippen molar-refractivity contribution in [3.8, 4) is 0 Å². The van der Waals surface area contributed by atoms with Gasteiger partial charge < -0.3 is 5.73 Å². The van der Waals surface area contributed by atoms with E-state index in [-0.39, 0.29) is 5.41 Å². The lowest BCUT2D eigenvalue weighted by Crippen LogP contribution is -2.15. The molecule has 0 aliphatic heterocycles. The molecule has 0 bridgehead atoms. The minimum atomic E-state index is 0.205. The molecule has 1 aromatic heterocycles. The van der Waals surface area contributed by atoms with Crippen LogP contribution in [0.5, 0.6) is 0 Å². The fraction of sp³-hybridized carbons (Fsp3) is 0.500. The number of nitrogens with two attached hydrogens (primary N) is 1. The maximum atomic E-state index is 5.60. The van der Waals surface area contributed by atoms with Crippen molar-refractivity contribution >= 4 is 5.82 Å². The minimum absolute atomic E-state index is 0.205. The Kier molecular flexibility index (Phi) is 2.36. The lowest BCUT2D eigenvalue weighted by atomic mass is 9.83. The molecule has 1 rings (SSSR count). The molecule has 0 aliphatic rings. The molecule has 2 N–H and O–H groups in total. The van der Waals surface area contributed by atoms with Crippen molar-refractivity contribution in [2.75, 3.05) is 5.73 Å². The third kappa shape index (κ3) is 1.76. The zero-order chi connectivity index (χ0) is 9.19. The number of hydrogen-bond donors (Lipinski definition) is 1. The topological polar surface area (TPSA) is 38.9 Å². The van der Waals surface area contributed by atoms with Crippen LogP contribution in [-0.4, -0.2) is 4.98 Å². The summed E-state index contributed by atoms with van der Waals surface area (Å²) in [6.07, 6.45) is 2.87. The number of nitrogens with zero attached hydrogens (tertiary/aromatic N) is 1. The second kappa shape index (κ2) is 3.13. The molecule has 1 aromatic rings. The van der Waals surface area contributed by atoms with E-state index in [4.69, 9.17) is 5.73 Å². The second-order valence-corrected chi connectivity index (χ2v) is 3.71. The standard InChI is InChI=1S/C10H16N2/c1-4-10(2,3)8-5-6-12-9(11)7-8/h5-7H,4H2,1-3H3,(H2,11,12). The first-order valence-corrected chi connectivity index (χ1v) is 4.28. The molecule has 0 spiro atoms. The Balaban J connectivity index is 3.03. The van der Waals surface area contributed by atoms with Crippen molar-refractivity contribution in [2.45, 2.75) is 32.6 Å². The van der Waals surface area contributed by atoms with Gasteiger partial charge in [-0.05, 0) is 29.5 Å². The van der Waals surface area contributed by atoms with Crippen LogP contribution in [0.2, 0.25) is 0 Å². The van der Waals surface area contributed by atoms with Gasteiger partial charge in [0, 0.05) is 6.20 Å². The van der Waals surface area contributed by atoms with Gasteiger partial charge in [-0.2, -0.15) is 0 Å². The Labute approximate surface area is 73.8 Å². The molecule has 0 saturated heterocycles. The van der Waals surface area contributed by atoms with E-state index in [1.165, 1.54) is 5.56 Å². The van der Waals surface area contributed by atoms with Crippen molar-refractivity contribution in [1.29, 1.82) is 0 Å². The molecule has 0 fully saturated rings. The number of rotatable bonds is 2. The molecule has 0 aromatic carbocycles. The van der Waals surface area contributed by atoms with E-state index in [0.717, 1.165) is 6.42 Å². The van der Waals surface area contributed by atoms with Crippen LogP contribution in [0, 0.1) is 0 Å². The Morgan fingerprint density at radius 1 is 1.50 bits per heavy atom. The van der Waals surface area contributed by atoms with Gasteiger partial charge >= 0.3 is 0 Å². The average molecular weight is 164 g/mol. The first kappa shape index (κ1) is 9.04. The molecule has 0 amide bonds. The summed E-state index contributed by atoms with van der Waals surface area (Å²) in [5, 5.41) is 0. The highest BCUT2D eigenvalue weighted by Crippen LogP contribution is 2.26. The molecule has 66 valence electrons. The summed E-state index contributed by atoms with van der Waals surface area (Å²) in [5.74, 6) is 0.606. The lowest BCUT2D eigenvalue weighted by molar-refractivity contribution is 0.506. The zero-order valence-corrected chi connectivity index (χ0v) is 7.96. The van der Waals surface area contributed by atoms with Crippen LogP contribution in [0.4, 0.5) is 5.82 Å². The van der Waals surface area contributed by atoms with E-state index in [0.29, 0.717) is 5.82 Å². The van der Waals surface area contributed by atoms with Crippen LogP contribution in [0.1, 0.15) is 32.8 Å². The second-order valence-electron chi connectivity index (χ2n) is 3.71. The van der Waals surface area contributed by atoms with Gasteiger partial charge in [0.25, 0.3) is 0 Å². The van der Waals surface area contributed by atoms with Gasteiger partial charge in [0.1, 0.15) is 5.82 Å². The van der Waals surface area contributed by atoms with Crippen LogP contribution in [-0.2, 0) is 5.41 Å². The first-order chi connectivity index (χ1) is 5.56. The predicted octanol–water partition coefficient (Wildman–Crippen LogP) is 2.35. The van der Waals surface area contributed by atoms with Crippen molar-refractivity contribution in [1.82, 2.24) is 4.98 Å². The Morgan fingerprint density at radius 2 is 2.17 bits per heavy atom. The smallest absolute Gasteiger partial charge is 0.123 e. The van der Waals surface area contributed by atoms with Gasteiger partial charge in [0.15, 0.2) is 0 Å². The molecule has 1 heterocycles. The normalized spacial score (nSPS) is 11.6. The molecule has 2 nitrogen and oxygen atoms in total. The fourth-order valence-corrected chi connectivity index (χ4v) is 1.07. The van der Waals surface area contributed by atoms with Gasteiger partial charge in [0.2, 0.25) is 0 Å². The first-order valence-electron chi connectivity index (χ1n) is 4.28. The highest BCUT2D eigenvalue weighted by molar-refractivity contribution is 5.35. The summed E-state index contributed by atoms with van der Waals surface area (Å²) in [6, 6.07) is 3.98. The van der Waals surface area contributed by atoms with E-state index in [2.05, 4.69) is 25.8 Å². The summed E-state index contributed by atoms with van der Waals surface area (Å²) < 4.78 is 0. The van der Waals surface area contributed by atoms with Gasteiger partial charge in [0.05, 0.1) is 0 Å². The van der Waals surface area contributed by atoms with Gasteiger partial charge in [-0.1, -0.05) is 20.8 Å². The van der Waals surface area contributed by atoms with Crippen LogP contribution in [0.3, 0.4) is 0 Å². The Hall–Kier alpha value is -1.05. The summed E-state index contributed by atoms with van der Waals surface area (Å²) in [6.45, 7) is 6.60. The number of hydrogen-bond acceptors (Lipinski definition) is 2. The third-order valence-corrected chi connectivity index (χ3v) is 2.45. The Morgan fingerprint density at radius 3 is 2.67 bits per heavy atom. The largest absolute Gasteiger partial charge is 0.384 e. The van der Waals surface area contributed by atoms with E-state index < -0.39 is 0 Å². The average Bonchev–Trinajstić information content (AvgIpc) is 2.05. The summed E-state index contributed by atoms with van der Waals surface area (Å²) >= 11 is 0. The minimum Gasteiger partial charge on any atom is -0.384 e. The van der Waals surface area contributed by atoms with Crippen LogP contribution in [0.15, 0.2) is 18.3 Å². The van der Waals surface area contributed by atoms with Crippen molar-refractivity contribution in [2.24, 2.45) is 0 Å².